The second kappa shape index (κ2) is 7.76. The molecule has 130 valence electrons. The molecule has 24 heavy (non-hydrogen) atoms. The van der Waals surface area contributed by atoms with E-state index in [-0.39, 0.29) is 23.2 Å². The fourth-order valence-electron chi connectivity index (χ4n) is 1.69. The SMILES string of the molecule is Cc1cc(OC(F)(F)F)ccc1C(=N)/C=C\C(=N)N=C(N)C(C)C. The highest BCUT2D eigenvalue weighted by Crippen LogP contribution is 2.25. The summed E-state index contributed by atoms with van der Waals surface area (Å²) < 4.78 is 40.4. The molecule has 0 aromatic heterocycles. The third-order valence-corrected chi connectivity index (χ3v) is 2.97. The van der Waals surface area contributed by atoms with Gasteiger partial charge in [-0.2, -0.15) is 0 Å². The van der Waals surface area contributed by atoms with E-state index in [0.717, 1.165) is 6.07 Å². The molecule has 0 radical (unpaired) electrons. The van der Waals surface area contributed by atoms with E-state index in [0.29, 0.717) is 17.0 Å². The molecule has 0 fully saturated rings. The summed E-state index contributed by atoms with van der Waals surface area (Å²) in [7, 11) is 0. The van der Waals surface area contributed by atoms with Crippen molar-refractivity contribution in [1.82, 2.24) is 0 Å². The molecule has 0 aliphatic rings. The van der Waals surface area contributed by atoms with Crippen LogP contribution < -0.4 is 10.5 Å². The molecule has 1 rings (SSSR count). The van der Waals surface area contributed by atoms with E-state index in [1.165, 1.54) is 24.3 Å². The summed E-state index contributed by atoms with van der Waals surface area (Å²) in [6, 6.07) is 3.70. The van der Waals surface area contributed by atoms with Crippen molar-refractivity contribution in [2.45, 2.75) is 27.1 Å². The number of amidine groups is 2. The van der Waals surface area contributed by atoms with Gasteiger partial charge in [-0.3, -0.25) is 5.41 Å². The molecule has 8 heteroatoms. The van der Waals surface area contributed by atoms with Crippen LogP contribution in [0.4, 0.5) is 13.2 Å². The lowest BCUT2D eigenvalue weighted by molar-refractivity contribution is -0.274. The third-order valence-electron chi connectivity index (χ3n) is 2.97. The number of aryl methyl sites for hydroxylation is 1. The van der Waals surface area contributed by atoms with Crippen molar-refractivity contribution in [1.29, 1.82) is 10.8 Å². The Labute approximate surface area is 138 Å². The van der Waals surface area contributed by atoms with Crippen molar-refractivity contribution in [3.05, 3.63) is 41.5 Å². The Morgan fingerprint density at radius 2 is 1.88 bits per heavy atom. The smallest absolute Gasteiger partial charge is 0.406 e. The molecule has 0 bridgehead atoms. The zero-order valence-corrected chi connectivity index (χ0v) is 13.5. The third kappa shape index (κ3) is 6.23. The Balaban J connectivity index is 2.87. The van der Waals surface area contributed by atoms with Crippen molar-refractivity contribution in [2.75, 3.05) is 0 Å². The van der Waals surface area contributed by atoms with Crippen molar-refractivity contribution in [3.63, 3.8) is 0 Å². The fraction of sp³-hybridized carbons (Fsp3) is 0.312. The first-order chi connectivity index (χ1) is 11.0. The van der Waals surface area contributed by atoms with Crippen LogP contribution in [0.2, 0.25) is 0 Å². The number of rotatable bonds is 5. The summed E-state index contributed by atoms with van der Waals surface area (Å²) in [5.74, 6) is -0.147. The first-order valence-electron chi connectivity index (χ1n) is 7.05. The number of nitrogens with one attached hydrogen (secondary N) is 2. The molecule has 0 saturated heterocycles. The molecular formula is C16H19F3N4O. The number of hydrogen-bond acceptors (Lipinski definition) is 3. The molecule has 0 amide bonds. The quantitative estimate of drug-likeness (QED) is 0.561. The second-order valence-corrected chi connectivity index (χ2v) is 5.35. The molecule has 0 aliphatic carbocycles. The summed E-state index contributed by atoms with van der Waals surface area (Å²) in [5.41, 5.74) is 6.55. The van der Waals surface area contributed by atoms with Gasteiger partial charge in [0.25, 0.3) is 0 Å². The number of ether oxygens (including phenoxy) is 1. The minimum Gasteiger partial charge on any atom is -0.406 e. The lowest BCUT2D eigenvalue weighted by atomic mass is 10.0. The number of aliphatic imine (C=N–C) groups is 1. The van der Waals surface area contributed by atoms with Crippen molar-refractivity contribution in [2.24, 2.45) is 16.6 Å². The number of alkyl halides is 3. The molecule has 1 aromatic rings. The maximum Gasteiger partial charge on any atom is 0.573 e. The average Bonchev–Trinajstić information content (AvgIpc) is 2.43. The van der Waals surface area contributed by atoms with Gasteiger partial charge < -0.3 is 15.9 Å². The molecule has 0 unspecified atom stereocenters. The summed E-state index contributed by atoms with van der Waals surface area (Å²) in [6.07, 6.45) is -2.12. The summed E-state index contributed by atoms with van der Waals surface area (Å²) in [6.45, 7) is 5.25. The molecule has 0 aliphatic heterocycles. The molecule has 0 spiro atoms. The maximum absolute atomic E-state index is 12.2. The molecule has 1 aromatic carbocycles. The van der Waals surface area contributed by atoms with E-state index in [1.54, 1.807) is 6.92 Å². The number of hydrogen-bond donors (Lipinski definition) is 3. The summed E-state index contributed by atoms with van der Waals surface area (Å²) in [4.78, 5) is 3.87. The van der Waals surface area contributed by atoms with Gasteiger partial charge in [0.2, 0.25) is 0 Å². The number of nitrogens with two attached hydrogens (primary N) is 1. The van der Waals surface area contributed by atoms with E-state index in [4.69, 9.17) is 16.6 Å². The van der Waals surface area contributed by atoms with Gasteiger partial charge in [0.15, 0.2) is 0 Å². The van der Waals surface area contributed by atoms with Crippen molar-refractivity contribution < 1.29 is 17.9 Å². The average molecular weight is 340 g/mol. The van der Waals surface area contributed by atoms with Crippen LogP contribution >= 0.6 is 0 Å². The van der Waals surface area contributed by atoms with E-state index < -0.39 is 6.36 Å². The Morgan fingerprint density at radius 1 is 1.25 bits per heavy atom. The van der Waals surface area contributed by atoms with Gasteiger partial charge >= 0.3 is 6.36 Å². The number of nitrogens with zero attached hydrogens (tertiary/aromatic N) is 1. The summed E-state index contributed by atoms with van der Waals surface area (Å²) in [5, 5.41) is 15.6. The normalized spacial score (nSPS) is 12.7. The van der Waals surface area contributed by atoms with Crippen LogP contribution in [0, 0.1) is 23.7 Å². The Morgan fingerprint density at radius 3 is 2.38 bits per heavy atom. The first-order valence-corrected chi connectivity index (χ1v) is 7.05. The van der Waals surface area contributed by atoms with Crippen LogP contribution in [0.15, 0.2) is 35.3 Å². The highest BCUT2D eigenvalue weighted by molar-refractivity contribution is 6.11. The fourth-order valence-corrected chi connectivity index (χ4v) is 1.69. The van der Waals surface area contributed by atoms with Crippen LogP contribution in [0.5, 0.6) is 5.75 Å². The van der Waals surface area contributed by atoms with E-state index >= 15 is 0 Å². The predicted molar refractivity (Wildman–Crippen MR) is 88.0 cm³/mol. The monoisotopic (exact) mass is 340 g/mol. The van der Waals surface area contributed by atoms with E-state index in [9.17, 15) is 13.2 Å². The lowest BCUT2D eigenvalue weighted by Crippen LogP contribution is -2.20. The van der Waals surface area contributed by atoms with Crippen LogP contribution in [-0.2, 0) is 0 Å². The highest BCUT2D eigenvalue weighted by atomic mass is 19.4. The Kier molecular flexibility index (Phi) is 6.27. The minimum absolute atomic E-state index is 0.00150. The highest BCUT2D eigenvalue weighted by Gasteiger charge is 2.31. The van der Waals surface area contributed by atoms with Gasteiger partial charge in [0.1, 0.15) is 17.4 Å². The molecule has 4 N–H and O–H groups in total. The molecule has 0 atom stereocenters. The lowest BCUT2D eigenvalue weighted by Gasteiger charge is -2.11. The largest absolute Gasteiger partial charge is 0.573 e. The van der Waals surface area contributed by atoms with Crippen LogP contribution in [0.3, 0.4) is 0 Å². The van der Waals surface area contributed by atoms with Crippen LogP contribution in [-0.4, -0.2) is 23.7 Å². The standard InChI is InChI=1S/C16H19F3N4O/c1-9(2)15(22)23-14(21)7-6-13(20)12-5-4-11(8-10(12)3)24-16(17,18)19/h4-9,20H,1-3H3,(H3,21,22,23)/b7-6-,20-13?. The van der Waals surface area contributed by atoms with Gasteiger partial charge in [0.05, 0.1) is 5.71 Å². The zero-order chi connectivity index (χ0) is 18.5. The molecular weight excluding hydrogens is 321 g/mol. The van der Waals surface area contributed by atoms with Crippen molar-refractivity contribution in [3.8, 4) is 5.75 Å². The van der Waals surface area contributed by atoms with E-state index in [1.807, 2.05) is 13.8 Å². The second-order valence-electron chi connectivity index (χ2n) is 5.35. The van der Waals surface area contributed by atoms with Crippen LogP contribution in [0.1, 0.15) is 25.0 Å². The molecule has 0 heterocycles. The van der Waals surface area contributed by atoms with Gasteiger partial charge in [-0.25, -0.2) is 4.99 Å². The van der Waals surface area contributed by atoms with Gasteiger partial charge in [-0.1, -0.05) is 13.8 Å². The molecule has 0 saturated carbocycles. The Bertz CT molecular complexity index is 691. The van der Waals surface area contributed by atoms with Gasteiger partial charge in [-0.15, -0.1) is 13.2 Å². The minimum atomic E-state index is -4.76. The Hall–Kier alpha value is -2.64. The van der Waals surface area contributed by atoms with Gasteiger partial charge in [0, 0.05) is 11.5 Å². The van der Waals surface area contributed by atoms with Crippen LogP contribution in [0.25, 0.3) is 0 Å². The maximum atomic E-state index is 12.2. The number of benzene rings is 1. The summed E-state index contributed by atoms with van der Waals surface area (Å²) >= 11 is 0. The predicted octanol–water partition coefficient (Wildman–Crippen LogP) is 3.81. The van der Waals surface area contributed by atoms with Gasteiger partial charge in [-0.05, 0) is 42.8 Å². The zero-order valence-electron chi connectivity index (χ0n) is 13.5. The molecule has 5 nitrogen and oxygen atoms in total. The first kappa shape index (κ1) is 19.4. The number of halogens is 3. The van der Waals surface area contributed by atoms with E-state index in [2.05, 4.69) is 9.73 Å². The number of allylic oxidation sites excluding steroid dienone is 1. The topological polar surface area (TPSA) is 95.3 Å². The van der Waals surface area contributed by atoms with Crippen molar-refractivity contribution >= 4 is 17.4 Å².